The lowest BCUT2D eigenvalue weighted by Gasteiger charge is -2.21. The van der Waals surface area contributed by atoms with Crippen LogP contribution in [0.25, 0.3) is 0 Å². The standard InChI is InChI=1S/C15H25N3O2/c1-4-10(5-2)14(19)9-18-13-8-11(16)6-7-12(13)15(20)17-3/h6-8,10,14,18-19H,4-5,9,16H2,1-3H3,(H,17,20). The molecule has 1 aromatic carbocycles. The van der Waals surface area contributed by atoms with E-state index >= 15 is 0 Å². The molecule has 0 aromatic heterocycles. The fourth-order valence-corrected chi connectivity index (χ4v) is 2.25. The number of anilines is 2. The summed E-state index contributed by atoms with van der Waals surface area (Å²) in [6.45, 7) is 4.53. The minimum absolute atomic E-state index is 0.176. The Morgan fingerprint density at radius 2 is 2.00 bits per heavy atom. The molecular formula is C15H25N3O2. The molecule has 0 saturated heterocycles. The minimum atomic E-state index is -0.441. The molecule has 5 N–H and O–H groups in total. The maximum Gasteiger partial charge on any atom is 0.253 e. The average Bonchev–Trinajstić information content (AvgIpc) is 2.45. The topological polar surface area (TPSA) is 87.4 Å². The summed E-state index contributed by atoms with van der Waals surface area (Å²) >= 11 is 0. The van der Waals surface area contributed by atoms with Gasteiger partial charge >= 0.3 is 0 Å². The summed E-state index contributed by atoms with van der Waals surface area (Å²) in [7, 11) is 1.58. The first kappa shape index (κ1) is 16.3. The van der Waals surface area contributed by atoms with Gasteiger partial charge in [-0.05, 0) is 24.1 Å². The highest BCUT2D eigenvalue weighted by molar-refractivity contribution is 6.00. The van der Waals surface area contributed by atoms with Gasteiger partial charge in [-0.15, -0.1) is 0 Å². The van der Waals surface area contributed by atoms with E-state index in [0.717, 1.165) is 12.8 Å². The Balaban J connectivity index is 2.81. The Morgan fingerprint density at radius 1 is 1.35 bits per heavy atom. The van der Waals surface area contributed by atoms with Crippen LogP contribution in [-0.2, 0) is 0 Å². The van der Waals surface area contributed by atoms with Crippen LogP contribution in [0, 0.1) is 5.92 Å². The summed E-state index contributed by atoms with van der Waals surface area (Å²) in [5.41, 5.74) is 7.51. The molecule has 5 heteroatoms. The number of rotatable bonds is 7. The van der Waals surface area contributed by atoms with Gasteiger partial charge in [0.15, 0.2) is 0 Å². The SMILES string of the molecule is CCC(CC)C(O)CNc1cc(N)ccc1C(=O)NC. The lowest BCUT2D eigenvalue weighted by Crippen LogP contribution is -2.29. The van der Waals surface area contributed by atoms with Crippen molar-refractivity contribution in [2.45, 2.75) is 32.8 Å². The number of carbonyl (C=O) groups is 1. The minimum Gasteiger partial charge on any atom is -0.399 e. The molecule has 0 aliphatic carbocycles. The summed E-state index contributed by atoms with van der Waals surface area (Å²) in [6, 6.07) is 5.08. The number of nitrogens with two attached hydrogens (primary N) is 1. The molecule has 1 unspecified atom stereocenters. The third-order valence-electron chi connectivity index (χ3n) is 3.61. The van der Waals surface area contributed by atoms with Crippen LogP contribution in [0.1, 0.15) is 37.0 Å². The van der Waals surface area contributed by atoms with Crippen molar-refractivity contribution in [2.24, 2.45) is 5.92 Å². The monoisotopic (exact) mass is 279 g/mol. The number of hydrogen-bond donors (Lipinski definition) is 4. The number of nitrogen functional groups attached to an aromatic ring is 1. The summed E-state index contributed by atoms with van der Waals surface area (Å²) in [5, 5.41) is 15.9. The molecule has 0 spiro atoms. The number of amides is 1. The zero-order valence-corrected chi connectivity index (χ0v) is 12.4. The molecule has 1 amide bonds. The second-order valence-electron chi connectivity index (χ2n) is 4.91. The molecule has 112 valence electrons. The maximum atomic E-state index is 11.8. The zero-order valence-electron chi connectivity index (χ0n) is 12.4. The van der Waals surface area contributed by atoms with Gasteiger partial charge in [-0.3, -0.25) is 4.79 Å². The molecule has 20 heavy (non-hydrogen) atoms. The van der Waals surface area contributed by atoms with Crippen LogP contribution in [0.4, 0.5) is 11.4 Å². The van der Waals surface area contributed by atoms with Crippen molar-refractivity contribution in [3.8, 4) is 0 Å². The van der Waals surface area contributed by atoms with Gasteiger partial charge in [-0.1, -0.05) is 26.7 Å². The largest absolute Gasteiger partial charge is 0.399 e. The van der Waals surface area contributed by atoms with Crippen LogP contribution in [-0.4, -0.2) is 30.7 Å². The summed E-state index contributed by atoms with van der Waals surface area (Å²) < 4.78 is 0. The normalized spacial score (nSPS) is 12.2. The highest BCUT2D eigenvalue weighted by Crippen LogP contribution is 2.20. The van der Waals surface area contributed by atoms with E-state index in [0.29, 0.717) is 23.5 Å². The van der Waals surface area contributed by atoms with Crippen molar-refractivity contribution in [1.29, 1.82) is 0 Å². The van der Waals surface area contributed by atoms with E-state index in [1.807, 2.05) is 0 Å². The molecule has 0 aliphatic heterocycles. The first-order valence-electron chi connectivity index (χ1n) is 7.06. The molecule has 0 bridgehead atoms. The predicted octanol–water partition coefficient (Wildman–Crippen LogP) is 1.84. The van der Waals surface area contributed by atoms with Gasteiger partial charge in [0.25, 0.3) is 5.91 Å². The third-order valence-corrected chi connectivity index (χ3v) is 3.61. The number of carbonyl (C=O) groups excluding carboxylic acids is 1. The average molecular weight is 279 g/mol. The number of aliphatic hydroxyl groups excluding tert-OH is 1. The molecule has 0 aliphatic rings. The molecule has 1 rings (SSSR count). The first-order chi connectivity index (χ1) is 9.53. The van der Waals surface area contributed by atoms with E-state index in [9.17, 15) is 9.90 Å². The Hall–Kier alpha value is -1.75. The van der Waals surface area contributed by atoms with Crippen LogP contribution >= 0.6 is 0 Å². The molecular weight excluding hydrogens is 254 g/mol. The Bertz CT molecular complexity index is 445. The first-order valence-corrected chi connectivity index (χ1v) is 7.06. The van der Waals surface area contributed by atoms with Crippen LogP contribution in [0.2, 0.25) is 0 Å². The Kier molecular flexibility index (Phi) is 6.31. The molecule has 1 atom stereocenters. The predicted molar refractivity (Wildman–Crippen MR) is 82.8 cm³/mol. The molecule has 0 saturated carbocycles. The second kappa shape index (κ2) is 7.75. The molecule has 5 nitrogen and oxygen atoms in total. The van der Waals surface area contributed by atoms with E-state index in [-0.39, 0.29) is 11.8 Å². The number of benzene rings is 1. The Morgan fingerprint density at radius 3 is 2.55 bits per heavy atom. The van der Waals surface area contributed by atoms with E-state index < -0.39 is 6.10 Å². The summed E-state index contributed by atoms with van der Waals surface area (Å²) in [6.07, 6.45) is 1.42. The van der Waals surface area contributed by atoms with E-state index in [4.69, 9.17) is 5.73 Å². The van der Waals surface area contributed by atoms with Gasteiger partial charge < -0.3 is 21.5 Å². The highest BCUT2D eigenvalue weighted by atomic mass is 16.3. The fraction of sp³-hybridized carbons (Fsp3) is 0.533. The van der Waals surface area contributed by atoms with Crippen molar-refractivity contribution in [3.05, 3.63) is 23.8 Å². The quantitative estimate of drug-likeness (QED) is 0.574. The van der Waals surface area contributed by atoms with E-state index in [1.165, 1.54) is 0 Å². The Labute approximate surface area is 120 Å². The third kappa shape index (κ3) is 4.13. The lowest BCUT2D eigenvalue weighted by atomic mass is 9.96. The molecule has 0 fully saturated rings. The van der Waals surface area contributed by atoms with Crippen molar-refractivity contribution < 1.29 is 9.90 Å². The van der Waals surface area contributed by atoms with Gasteiger partial charge in [0, 0.05) is 25.0 Å². The number of aliphatic hydroxyl groups is 1. The molecule has 1 aromatic rings. The highest BCUT2D eigenvalue weighted by Gasteiger charge is 2.16. The summed E-state index contributed by atoms with van der Waals surface area (Å²) in [5.74, 6) is 0.0801. The van der Waals surface area contributed by atoms with E-state index in [2.05, 4.69) is 24.5 Å². The maximum absolute atomic E-state index is 11.8. The molecule has 0 radical (unpaired) electrons. The van der Waals surface area contributed by atoms with Crippen LogP contribution < -0.4 is 16.4 Å². The second-order valence-corrected chi connectivity index (χ2v) is 4.91. The number of nitrogens with one attached hydrogen (secondary N) is 2. The lowest BCUT2D eigenvalue weighted by molar-refractivity contribution is 0.0962. The van der Waals surface area contributed by atoms with Crippen molar-refractivity contribution in [1.82, 2.24) is 5.32 Å². The summed E-state index contributed by atoms with van der Waals surface area (Å²) in [4.78, 5) is 11.8. The van der Waals surface area contributed by atoms with Crippen molar-refractivity contribution in [3.63, 3.8) is 0 Å². The van der Waals surface area contributed by atoms with Crippen LogP contribution in [0.5, 0.6) is 0 Å². The number of hydrogen-bond acceptors (Lipinski definition) is 4. The fourth-order valence-electron chi connectivity index (χ4n) is 2.25. The smallest absolute Gasteiger partial charge is 0.253 e. The van der Waals surface area contributed by atoms with Gasteiger partial charge in [0.2, 0.25) is 0 Å². The zero-order chi connectivity index (χ0) is 15.1. The van der Waals surface area contributed by atoms with Gasteiger partial charge in [-0.25, -0.2) is 0 Å². The van der Waals surface area contributed by atoms with Crippen LogP contribution in [0.15, 0.2) is 18.2 Å². The van der Waals surface area contributed by atoms with Crippen molar-refractivity contribution in [2.75, 3.05) is 24.6 Å². The van der Waals surface area contributed by atoms with Gasteiger partial charge in [0.05, 0.1) is 11.7 Å². The van der Waals surface area contributed by atoms with Gasteiger partial charge in [0.1, 0.15) is 0 Å². The van der Waals surface area contributed by atoms with E-state index in [1.54, 1.807) is 25.2 Å². The van der Waals surface area contributed by atoms with Gasteiger partial charge in [-0.2, -0.15) is 0 Å². The van der Waals surface area contributed by atoms with Crippen LogP contribution in [0.3, 0.4) is 0 Å². The molecule has 0 heterocycles. The van der Waals surface area contributed by atoms with Crippen molar-refractivity contribution >= 4 is 17.3 Å².